The molecule has 1 aromatic rings. The fourth-order valence-electron chi connectivity index (χ4n) is 3.63. The van der Waals surface area contributed by atoms with Crippen molar-refractivity contribution in [3.63, 3.8) is 0 Å². The number of aromatic amines is 1. The van der Waals surface area contributed by atoms with Gasteiger partial charge in [-0.2, -0.15) is 0 Å². The van der Waals surface area contributed by atoms with Gasteiger partial charge in [-0.1, -0.05) is 6.92 Å². The van der Waals surface area contributed by atoms with Gasteiger partial charge >= 0.3 is 5.97 Å². The summed E-state index contributed by atoms with van der Waals surface area (Å²) in [6.07, 6.45) is 3.42. The van der Waals surface area contributed by atoms with Gasteiger partial charge in [0.1, 0.15) is 5.69 Å². The standard InChI is InChI=1S/C18H28N2O4/c1-5-14-8-6-7-9-20(14)15(22)10-24-18(23)17-11(2)16(13(4)21)12(3)19-17/h13-14,19,21H,5-10H2,1-4H3/t13-,14-/m0/s1. The summed E-state index contributed by atoms with van der Waals surface area (Å²) >= 11 is 0. The number of ether oxygens (including phenoxy) is 1. The van der Waals surface area contributed by atoms with Gasteiger partial charge in [0.05, 0.1) is 6.10 Å². The lowest BCUT2D eigenvalue weighted by atomic mass is 10.00. The number of hydrogen-bond donors (Lipinski definition) is 2. The number of aliphatic hydroxyl groups excluding tert-OH is 1. The topological polar surface area (TPSA) is 82.6 Å². The van der Waals surface area contributed by atoms with E-state index in [2.05, 4.69) is 11.9 Å². The van der Waals surface area contributed by atoms with Crippen molar-refractivity contribution in [1.29, 1.82) is 0 Å². The van der Waals surface area contributed by atoms with Crippen LogP contribution in [0.15, 0.2) is 0 Å². The zero-order valence-electron chi connectivity index (χ0n) is 15.0. The summed E-state index contributed by atoms with van der Waals surface area (Å²) in [5, 5.41) is 9.79. The van der Waals surface area contributed by atoms with E-state index in [4.69, 9.17) is 4.74 Å². The number of H-pyrrole nitrogens is 1. The van der Waals surface area contributed by atoms with E-state index in [-0.39, 0.29) is 18.6 Å². The fraction of sp³-hybridized carbons (Fsp3) is 0.667. The second-order valence-electron chi connectivity index (χ2n) is 6.56. The number of likely N-dealkylation sites (tertiary alicyclic amines) is 1. The molecule has 24 heavy (non-hydrogen) atoms. The molecule has 2 heterocycles. The molecule has 6 nitrogen and oxygen atoms in total. The van der Waals surface area contributed by atoms with E-state index in [0.29, 0.717) is 16.8 Å². The molecule has 0 unspecified atom stereocenters. The fourth-order valence-corrected chi connectivity index (χ4v) is 3.63. The quantitative estimate of drug-likeness (QED) is 0.810. The highest BCUT2D eigenvalue weighted by Crippen LogP contribution is 2.25. The van der Waals surface area contributed by atoms with Gasteiger partial charge in [0.2, 0.25) is 0 Å². The maximum Gasteiger partial charge on any atom is 0.355 e. The second-order valence-corrected chi connectivity index (χ2v) is 6.56. The van der Waals surface area contributed by atoms with Crippen molar-refractivity contribution in [2.24, 2.45) is 0 Å². The van der Waals surface area contributed by atoms with E-state index >= 15 is 0 Å². The Morgan fingerprint density at radius 1 is 1.38 bits per heavy atom. The van der Waals surface area contributed by atoms with Crippen LogP contribution in [0.25, 0.3) is 0 Å². The van der Waals surface area contributed by atoms with Crippen LogP contribution in [0.2, 0.25) is 0 Å². The van der Waals surface area contributed by atoms with Crippen LogP contribution in [-0.2, 0) is 9.53 Å². The molecule has 2 atom stereocenters. The lowest BCUT2D eigenvalue weighted by Crippen LogP contribution is -2.45. The number of rotatable bonds is 5. The maximum atomic E-state index is 12.4. The number of piperidine rings is 1. The molecule has 0 radical (unpaired) electrons. The maximum absolute atomic E-state index is 12.4. The molecule has 1 amide bonds. The first-order valence-electron chi connectivity index (χ1n) is 8.70. The zero-order chi connectivity index (χ0) is 17.9. The lowest BCUT2D eigenvalue weighted by molar-refractivity contribution is -0.138. The summed E-state index contributed by atoms with van der Waals surface area (Å²) in [4.78, 5) is 29.4. The highest BCUT2D eigenvalue weighted by atomic mass is 16.5. The number of amides is 1. The van der Waals surface area contributed by atoms with Gasteiger partial charge in [-0.15, -0.1) is 0 Å². The molecule has 2 rings (SSSR count). The van der Waals surface area contributed by atoms with Gasteiger partial charge in [-0.25, -0.2) is 4.79 Å². The van der Waals surface area contributed by atoms with E-state index in [9.17, 15) is 14.7 Å². The van der Waals surface area contributed by atoms with E-state index < -0.39 is 12.1 Å². The number of aryl methyl sites for hydroxylation is 1. The summed E-state index contributed by atoms with van der Waals surface area (Å²) in [6.45, 7) is 7.80. The van der Waals surface area contributed by atoms with Crippen molar-refractivity contribution in [3.8, 4) is 0 Å². The molecular formula is C18H28N2O4. The normalized spacial score (nSPS) is 19.2. The Balaban J connectivity index is 2.00. The number of nitrogens with one attached hydrogen (secondary N) is 1. The third kappa shape index (κ3) is 3.80. The van der Waals surface area contributed by atoms with Crippen LogP contribution >= 0.6 is 0 Å². The van der Waals surface area contributed by atoms with E-state index in [1.807, 2.05) is 4.90 Å². The Morgan fingerprint density at radius 2 is 2.08 bits per heavy atom. The zero-order valence-corrected chi connectivity index (χ0v) is 15.0. The minimum Gasteiger partial charge on any atom is -0.451 e. The number of hydrogen-bond acceptors (Lipinski definition) is 4. The Labute approximate surface area is 143 Å². The molecule has 2 N–H and O–H groups in total. The van der Waals surface area contributed by atoms with Crippen LogP contribution in [0.4, 0.5) is 0 Å². The van der Waals surface area contributed by atoms with E-state index in [1.54, 1.807) is 20.8 Å². The SMILES string of the molecule is CC[C@H]1CCCCN1C(=O)COC(=O)c1[nH]c(C)c([C@H](C)O)c1C. The van der Waals surface area contributed by atoms with Gasteiger partial charge in [-0.05, 0) is 52.0 Å². The molecule has 1 aromatic heterocycles. The summed E-state index contributed by atoms with van der Waals surface area (Å²) < 4.78 is 5.22. The first kappa shape index (κ1) is 18.5. The Kier molecular flexibility index (Phi) is 6.04. The number of nitrogens with zero attached hydrogens (tertiary/aromatic N) is 1. The van der Waals surface area contributed by atoms with Crippen molar-refractivity contribution in [1.82, 2.24) is 9.88 Å². The number of aliphatic hydroxyl groups is 1. The minimum absolute atomic E-state index is 0.133. The molecule has 0 bridgehead atoms. The number of carbonyl (C=O) groups is 2. The number of carbonyl (C=O) groups excluding carboxylic acids is 2. The van der Waals surface area contributed by atoms with Crippen LogP contribution in [0.5, 0.6) is 0 Å². The van der Waals surface area contributed by atoms with Gasteiger partial charge in [0.25, 0.3) is 5.91 Å². The summed E-state index contributed by atoms with van der Waals surface area (Å²) in [6, 6.07) is 0.251. The average molecular weight is 336 g/mol. The van der Waals surface area contributed by atoms with Crippen LogP contribution in [0, 0.1) is 13.8 Å². The summed E-state index contributed by atoms with van der Waals surface area (Å²) in [5.74, 6) is -0.688. The molecule has 1 saturated heterocycles. The average Bonchev–Trinajstić information content (AvgIpc) is 2.86. The van der Waals surface area contributed by atoms with Crippen molar-refractivity contribution in [3.05, 3.63) is 22.5 Å². The molecule has 0 aliphatic carbocycles. The largest absolute Gasteiger partial charge is 0.451 e. The molecule has 1 aliphatic rings. The van der Waals surface area contributed by atoms with Gasteiger partial charge in [0, 0.05) is 23.8 Å². The lowest BCUT2D eigenvalue weighted by Gasteiger charge is -2.35. The summed E-state index contributed by atoms with van der Waals surface area (Å²) in [7, 11) is 0. The molecule has 1 fully saturated rings. The van der Waals surface area contributed by atoms with Crippen LogP contribution < -0.4 is 0 Å². The van der Waals surface area contributed by atoms with Gasteiger partial charge < -0.3 is 19.7 Å². The Hall–Kier alpha value is -1.82. The molecular weight excluding hydrogens is 308 g/mol. The first-order chi connectivity index (χ1) is 11.4. The molecule has 0 spiro atoms. The smallest absolute Gasteiger partial charge is 0.355 e. The Bertz CT molecular complexity index is 606. The van der Waals surface area contributed by atoms with Crippen LogP contribution in [0.1, 0.15) is 72.9 Å². The van der Waals surface area contributed by atoms with E-state index in [0.717, 1.165) is 37.9 Å². The number of aromatic nitrogens is 1. The third-order valence-electron chi connectivity index (χ3n) is 4.86. The number of esters is 1. The molecule has 0 saturated carbocycles. The van der Waals surface area contributed by atoms with E-state index in [1.165, 1.54) is 0 Å². The van der Waals surface area contributed by atoms with Gasteiger partial charge in [-0.3, -0.25) is 4.79 Å². The van der Waals surface area contributed by atoms with Crippen molar-refractivity contribution < 1.29 is 19.4 Å². The second kappa shape index (κ2) is 7.83. The highest BCUT2D eigenvalue weighted by molar-refractivity contribution is 5.91. The first-order valence-corrected chi connectivity index (χ1v) is 8.70. The van der Waals surface area contributed by atoms with Crippen molar-refractivity contribution in [2.75, 3.05) is 13.2 Å². The molecule has 134 valence electrons. The van der Waals surface area contributed by atoms with Crippen LogP contribution in [0.3, 0.4) is 0 Å². The monoisotopic (exact) mass is 336 g/mol. The van der Waals surface area contributed by atoms with Crippen LogP contribution in [-0.4, -0.2) is 46.1 Å². The van der Waals surface area contributed by atoms with Gasteiger partial charge in [0.15, 0.2) is 6.61 Å². The predicted octanol–water partition coefficient (Wildman–Crippen LogP) is 2.63. The minimum atomic E-state index is -0.664. The Morgan fingerprint density at radius 3 is 2.67 bits per heavy atom. The third-order valence-corrected chi connectivity index (χ3v) is 4.86. The molecule has 6 heteroatoms. The predicted molar refractivity (Wildman–Crippen MR) is 90.8 cm³/mol. The highest BCUT2D eigenvalue weighted by Gasteiger charge is 2.27. The molecule has 0 aromatic carbocycles. The van der Waals surface area contributed by atoms with Crippen molar-refractivity contribution in [2.45, 2.75) is 65.5 Å². The van der Waals surface area contributed by atoms with Crippen molar-refractivity contribution >= 4 is 11.9 Å². The molecule has 1 aliphatic heterocycles. The summed E-state index contributed by atoms with van der Waals surface area (Å²) in [5.41, 5.74) is 2.42.